The molecule has 0 aliphatic carbocycles. The number of benzene rings is 2. The molecule has 0 radical (unpaired) electrons. The van der Waals surface area contributed by atoms with Crippen LogP contribution in [0.15, 0.2) is 30.3 Å². The summed E-state index contributed by atoms with van der Waals surface area (Å²) in [7, 11) is 3.15. The molecule has 2 aromatic rings. The first-order chi connectivity index (χ1) is 10.7. The lowest BCUT2D eigenvalue weighted by molar-refractivity contribution is 0.171. The van der Waals surface area contributed by atoms with E-state index in [4.69, 9.17) is 18.9 Å². The number of aromatic hydroxyl groups is 1. The molecule has 0 spiro atoms. The molecule has 0 amide bonds. The summed E-state index contributed by atoms with van der Waals surface area (Å²) in [5.74, 6) is 2.69. The lowest BCUT2D eigenvalue weighted by atomic mass is 10.0. The largest absolute Gasteiger partial charge is 0.504 e. The minimum Gasteiger partial charge on any atom is -0.504 e. The molecular formula is C17H18O5. The fraction of sp³-hybridized carbons (Fsp3) is 0.294. The molecule has 5 heteroatoms. The van der Waals surface area contributed by atoms with Crippen molar-refractivity contribution in [1.29, 1.82) is 0 Å². The lowest BCUT2D eigenvalue weighted by Gasteiger charge is -2.10. The summed E-state index contributed by atoms with van der Waals surface area (Å²) in [4.78, 5) is 0. The molecular weight excluding hydrogens is 284 g/mol. The summed E-state index contributed by atoms with van der Waals surface area (Å²) in [6.45, 7) is 0.214. The van der Waals surface area contributed by atoms with Gasteiger partial charge in [0, 0.05) is 0 Å². The van der Waals surface area contributed by atoms with E-state index in [0.717, 1.165) is 17.5 Å². The number of hydrogen-bond acceptors (Lipinski definition) is 5. The molecule has 0 saturated carbocycles. The third-order valence-electron chi connectivity index (χ3n) is 3.70. The lowest BCUT2D eigenvalue weighted by Crippen LogP contribution is -1.95. The number of rotatable bonds is 5. The van der Waals surface area contributed by atoms with Gasteiger partial charge in [0.15, 0.2) is 23.0 Å². The molecule has 0 aromatic heterocycles. The number of methoxy groups -OCH3 is 2. The summed E-state index contributed by atoms with van der Waals surface area (Å²) in [5.41, 5.74) is 1.90. The molecule has 0 bridgehead atoms. The first-order valence-corrected chi connectivity index (χ1v) is 7.04. The Bertz CT molecular complexity index is 681. The summed E-state index contributed by atoms with van der Waals surface area (Å²) >= 11 is 0. The molecule has 5 nitrogen and oxygen atoms in total. The Balaban J connectivity index is 1.80. The average Bonchev–Trinajstić information content (AvgIpc) is 3.01. The molecule has 0 atom stereocenters. The zero-order valence-corrected chi connectivity index (χ0v) is 12.6. The zero-order valence-electron chi connectivity index (χ0n) is 12.6. The van der Waals surface area contributed by atoms with E-state index in [1.807, 2.05) is 24.3 Å². The predicted molar refractivity (Wildman–Crippen MR) is 81.2 cm³/mol. The summed E-state index contributed by atoms with van der Waals surface area (Å²) < 4.78 is 21.3. The Morgan fingerprint density at radius 2 is 1.86 bits per heavy atom. The second kappa shape index (κ2) is 6.05. The van der Waals surface area contributed by atoms with Crippen LogP contribution in [0.3, 0.4) is 0 Å². The molecule has 116 valence electrons. The molecule has 3 rings (SSSR count). The highest BCUT2D eigenvalue weighted by molar-refractivity contribution is 5.55. The summed E-state index contributed by atoms with van der Waals surface area (Å²) in [5, 5.41) is 10.1. The van der Waals surface area contributed by atoms with Gasteiger partial charge < -0.3 is 24.1 Å². The van der Waals surface area contributed by atoms with Crippen LogP contribution in [0.5, 0.6) is 28.7 Å². The van der Waals surface area contributed by atoms with Gasteiger partial charge in [-0.3, -0.25) is 0 Å². The standard InChI is InChI=1S/C17H18O5/c1-19-13-5-3-4-12(16(13)18)7-6-11-8-14(20-2)17-15(9-11)21-10-22-17/h3-5,8-9,18H,6-7,10H2,1-2H3. The smallest absolute Gasteiger partial charge is 0.231 e. The van der Waals surface area contributed by atoms with Crippen LogP contribution in [-0.4, -0.2) is 26.1 Å². The van der Waals surface area contributed by atoms with Crippen molar-refractivity contribution in [1.82, 2.24) is 0 Å². The normalized spacial score (nSPS) is 12.3. The second-order valence-corrected chi connectivity index (χ2v) is 5.00. The van der Waals surface area contributed by atoms with E-state index in [2.05, 4.69) is 0 Å². The minimum atomic E-state index is 0.192. The number of hydrogen-bond donors (Lipinski definition) is 1. The van der Waals surface area contributed by atoms with E-state index in [1.165, 1.54) is 0 Å². The van der Waals surface area contributed by atoms with Crippen LogP contribution in [0.1, 0.15) is 11.1 Å². The van der Waals surface area contributed by atoms with Crippen LogP contribution in [-0.2, 0) is 12.8 Å². The van der Waals surface area contributed by atoms with Gasteiger partial charge in [0.05, 0.1) is 14.2 Å². The van der Waals surface area contributed by atoms with Crippen molar-refractivity contribution in [2.75, 3.05) is 21.0 Å². The highest BCUT2D eigenvalue weighted by Crippen LogP contribution is 2.42. The van der Waals surface area contributed by atoms with Gasteiger partial charge in [-0.1, -0.05) is 12.1 Å². The van der Waals surface area contributed by atoms with Crippen molar-refractivity contribution in [3.63, 3.8) is 0 Å². The predicted octanol–water partition coefficient (Wildman–Crippen LogP) is 2.92. The first kappa shape index (κ1) is 14.4. The fourth-order valence-electron chi connectivity index (χ4n) is 2.54. The highest BCUT2D eigenvalue weighted by atomic mass is 16.7. The summed E-state index contributed by atoms with van der Waals surface area (Å²) in [6, 6.07) is 9.38. The Labute approximate surface area is 129 Å². The van der Waals surface area contributed by atoms with Crippen LogP contribution in [0.4, 0.5) is 0 Å². The SMILES string of the molecule is COc1cccc(CCc2cc(OC)c3c(c2)OCO3)c1O. The van der Waals surface area contributed by atoms with Crippen molar-refractivity contribution < 1.29 is 24.1 Å². The molecule has 0 unspecified atom stereocenters. The van der Waals surface area contributed by atoms with Crippen molar-refractivity contribution in [3.8, 4) is 28.7 Å². The van der Waals surface area contributed by atoms with Gasteiger partial charge in [0.25, 0.3) is 0 Å². The van der Waals surface area contributed by atoms with E-state index in [0.29, 0.717) is 29.4 Å². The molecule has 0 fully saturated rings. The van der Waals surface area contributed by atoms with Crippen LogP contribution in [0, 0.1) is 0 Å². The second-order valence-electron chi connectivity index (χ2n) is 5.00. The van der Waals surface area contributed by atoms with Crippen LogP contribution < -0.4 is 18.9 Å². The molecule has 1 N–H and O–H groups in total. The van der Waals surface area contributed by atoms with Crippen molar-refractivity contribution in [3.05, 3.63) is 41.5 Å². The van der Waals surface area contributed by atoms with Crippen molar-refractivity contribution >= 4 is 0 Å². The highest BCUT2D eigenvalue weighted by Gasteiger charge is 2.20. The quantitative estimate of drug-likeness (QED) is 0.920. The number of para-hydroxylation sites is 1. The van der Waals surface area contributed by atoms with Crippen LogP contribution >= 0.6 is 0 Å². The van der Waals surface area contributed by atoms with E-state index >= 15 is 0 Å². The first-order valence-electron chi connectivity index (χ1n) is 7.04. The number of aryl methyl sites for hydroxylation is 2. The minimum absolute atomic E-state index is 0.192. The van der Waals surface area contributed by atoms with E-state index in [-0.39, 0.29) is 12.5 Å². The van der Waals surface area contributed by atoms with Gasteiger partial charge >= 0.3 is 0 Å². The maximum Gasteiger partial charge on any atom is 0.231 e. The van der Waals surface area contributed by atoms with Crippen molar-refractivity contribution in [2.24, 2.45) is 0 Å². The third kappa shape index (κ3) is 2.62. The maximum atomic E-state index is 10.1. The Morgan fingerprint density at radius 1 is 1.05 bits per heavy atom. The molecule has 2 aromatic carbocycles. The van der Waals surface area contributed by atoms with Gasteiger partial charge in [-0.25, -0.2) is 0 Å². The van der Waals surface area contributed by atoms with Gasteiger partial charge in [-0.15, -0.1) is 0 Å². The van der Waals surface area contributed by atoms with E-state index < -0.39 is 0 Å². The Hall–Kier alpha value is -2.56. The maximum absolute atomic E-state index is 10.1. The number of fused-ring (bicyclic) bond motifs is 1. The van der Waals surface area contributed by atoms with Gasteiger partial charge in [0.2, 0.25) is 12.5 Å². The molecule has 22 heavy (non-hydrogen) atoms. The number of ether oxygens (including phenoxy) is 4. The molecule has 1 aliphatic rings. The third-order valence-corrected chi connectivity index (χ3v) is 3.70. The van der Waals surface area contributed by atoms with E-state index in [1.54, 1.807) is 20.3 Å². The molecule has 1 heterocycles. The zero-order chi connectivity index (χ0) is 15.5. The van der Waals surface area contributed by atoms with Crippen LogP contribution in [0.25, 0.3) is 0 Å². The molecule has 1 aliphatic heterocycles. The fourth-order valence-corrected chi connectivity index (χ4v) is 2.54. The van der Waals surface area contributed by atoms with Crippen LogP contribution in [0.2, 0.25) is 0 Å². The topological polar surface area (TPSA) is 57.2 Å². The average molecular weight is 302 g/mol. The monoisotopic (exact) mass is 302 g/mol. The number of phenols is 1. The number of phenolic OH excluding ortho intramolecular Hbond substituents is 1. The summed E-state index contributed by atoms with van der Waals surface area (Å²) in [6.07, 6.45) is 1.43. The molecule has 0 saturated heterocycles. The van der Waals surface area contributed by atoms with Gasteiger partial charge in [-0.2, -0.15) is 0 Å². The van der Waals surface area contributed by atoms with Crippen molar-refractivity contribution in [2.45, 2.75) is 12.8 Å². The van der Waals surface area contributed by atoms with E-state index in [9.17, 15) is 5.11 Å². The Kier molecular flexibility index (Phi) is 3.96. The Morgan fingerprint density at radius 3 is 2.64 bits per heavy atom. The van der Waals surface area contributed by atoms with Gasteiger partial charge in [-0.05, 0) is 42.2 Å². The van der Waals surface area contributed by atoms with Gasteiger partial charge in [0.1, 0.15) is 0 Å².